The Morgan fingerprint density at radius 2 is 1.61 bits per heavy atom. The molecule has 0 heterocycles. The predicted octanol–water partition coefficient (Wildman–Crippen LogP) is 6.29. The van der Waals surface area contributed by atoms with Crippen LogP contribution in [0.5, 0.6) is 0 Å². The first-order valence-corrected chi connectivity index (χ1v) is 9.31. The van der Waals surface area contributed by atoms with Crippen molar-refractivity contribution >= 4 is 0 Å². The normalized spacial score (nSPS) is 21.0. The average molecular weight is 312 g/mol. The molecule has 126 valence electrons. The topological polar surface area (TPSA) is 20.2 Å². The summed E-state index contributed by atoms with van der Waals surface area (Å²) >= 11 is 0. The highest BCUT2D eigenvalue weighted by atomic mass is 16.3. The van der Waals surface area contributed by atoms with E-state index in [-0.39, 0.29) is 0 Å². The van der Waals surface area contributed by atoms with Crippen molar-refractivity contribution in [3.63, 3.8) is 0 Å². The summed E-state index contributed by atoms with van der Waals surface area (Å²) in [7, 11) is 0. The average Bonchev–Trinajstić information content (AvgIpc) is 2.57. The highest BCUT2D eigenvalue weighted by Crippen LogP contribution is 2.36. The van der Waals surface area contributed by atoms with Crippen molar-refractivity contribution in [3.8, 4) is 0 Å². The fourth-order valence-corrected chi connectivity index (χ4v) is 3.45. The van der Waals surface area contributed by atoms with Crippen LogP contribution in [0.2, 0.25) is 0 Å². The molecule has 1 aromatic rings. The van der Waals surface area contributed by atoms with Gasteiger partial charge >= 0.3 is 0 Å². The SMILES string of the molecule is CCCCCCCCCC1=C(C)CC(O)(c2ccccc2)C=C1. The number of benzene rings is 1. The molecule has 23 heavy (non-hydrogen) atoms. The predicted molar refractivity (Wildman–Crippen MR) is 99.4 cm³/mol. The van der Waals surface area contributed by atoms with Gasteiger partial charge < -0.3 is 5.11 Å². The Hall–Kier alpha value is -1.34. The first kappa shape index (κ1) is 18.0. The molecule has 1 unspecified atom stereocenters. The minimum atomic E-state index is -0.824. The Balaban J connectivity index is 1.80. The summed E-state index contributed by atoms with van der Waals surface area (Å²) in [5.74, 6) is 0. The lowest BCUT2D eigenvalue weighted by molar-refractivity contribution is 0.0877. The second-order valence-electron chi connectivity index (χ2n) is 6.98. The van der Waals surface area contributed by atoms with Crippen molar-refractivity contribution in [1.82, 2.24) is 0 Å². The summed E-state index contributed by atoms with van der Waals surface area (Å²) in [6, 6.07) is 10.0. The number of allylic oxidation sites excluding steroid dienone is 2. The van der Waals surface area contributed by atoms with Crippen molar-refractivity contribution in [1.29, 1.82) is 0 Å². The van der Waals surface area contributed by atoms with Crippen LogP contribution in [0.4, 0.5) is 0 Å². The molecule has 1 aromatic carbocycles. The van der Waals surface area contributed by atoms with Gasteiger partial charge in [-0.25, -0.2) is 0 Å². The Bertz CT molecular complexity index is 526. The van der Waals surface area contributed by atoms with Crippen LogP contribution in [-0.4, -0.2) is 5.11 Å². The smallest absolute Gasteiger partial charge is 0.112 e. The third-order valence-corrected chi connectivity index (χ3v) is 4.97. The van der Waals surface area contributed by atoms with Crippen LogP contribution in [-0.2, 0) is 5.60 Å². The van der Waals surface area contributed by atoms with Crippen LogP contribution in [0, 0.1) is 0 Å². The van der Waals surface area contributed by atoms with Crippen molar-refractivity contribution in [2.24, 2.45) is 0 Å². The summed E-state index contributed by atoms with van der Waals surface area (Å²) in [5.41, 5.74) is 2.93. The van der Waals surface area contributed by atoms with E-state index < -0.39 is 5.60 Å². The van der Waals surface area contributed by atoms with E-state index in [0.717, 1.165) is 18.4 Å². The third kappa shape index (κ3) is 5.35. The van der Waals surface area contributed by atoms with Gasteiger partial charge in [0, 0.05) is 6.42 Å². The number of unbranched alkanes of at least 4 members (excludes halogenated alkanes) is 6. The minimum absolute atomic E-state index is 0.722. The minimum Gasteiger partial charge on any atom is -0.381 e. The second-order valence-corrected chi connectivity index (χ2v) is 6.98. The van der Waals surface area contributed by atoms with Gasteiger partial charge in [-0.05, 0) is 37.0 Å². The Morgan fingerprint density at radius 1 is 0.957 bits per heavy atom. The fourth-order valence-electron chi connectivity index (χ4n) is 3.45. The van der Waals surface area contributed by atoms with E-state index in [2.05, 4.69) is 19.9 Å². The number of hydrogen-bond donors (Lipinski definition) is 1. The van der Waals surface area contributed by atoms with Gasteiger partial charge in [0.25, 0.3) is 0 Å². The van der Waals surface area contributed by atoms with Gasteiger partial charge in [0.15, 0.2) is 0 Å². The lowest BCUT2D eigenvalue weighted by atomic mass is 9.81. The fraction of sp³-hybridized carbons (Fsp3) is 0.545. The van der Waals surface area contributed by atoms with Gasteiger partial charge in [-0.1, -0.05) is 87.4 Å². The maximum atomic E-state index is 10.9. The van der Waals surface area contributed by atoms with E-state index in [4.69, 9.17) is 0 Å². The molecule has 0 aromatic heterocycles. The summed E-state index contributed by atoms with van der Waals surface area (Å²) in [5, 5.41) is 10.9. The zero-order valence-electron chi connectivity index (χ0n) is 14.9. The van der Waals surface area contributed by atoms with E-state index in [1.54, 1.807) is 0 Å². The molecule has 1 aliphatic rings. The van der Waals surface area contributed by atoms with Gasteiger partial charge in [-0.15, -0.1) is 0 Å². The lowest BCUT2D eigenvalue weighted by Gasteiger charge is -2.30. The van der Waals surface area contributed by atoms with Crippen molar-refractivity contribution in [2.45, 2.75) is 77.2 Å². The van der Waals surface area contributed by atoms with Crippen LogP contribution >= 0.6 is 0 Å². The lowest BCUT2D eigenvalue weighted by Crippen LogP contribution is -2.25. The van der Waals surface area contributed by atoms with Crippen molar-refractivity contribution in [3.05, 3.63) is 59.2 Å². The van der Waals surface area contributed by atoms with Gasteiger partial charge in [-0.3, -0.25) is 0 Å². The molecule has 0 radical (unpaired) electrons. The number of rotatable bonds is 9. The number of aliphatic hydroxyl groups is 1. The standard InChI is InChI=1S/C22H32O/c1-3-4-5-6-7-8-10-13-20-16-17-22(23,18-19(20)2)21-14-11-9-12-15-21/h9,11-12,14-17,23H,3-8,10,13,18H2,1-2H3. The quantitative estimate of drug-likeness (QED) is 0.531. The molecule has 0 saturated carbocycles. The van der Waals surface area contributed by atoms with Crippen molar-refractivity contribution < 1.29 is 5.11 Å². The molecule has 1 heteroatoms. The maximum absolute atomic E-state index is 10.9. The highest BCUT2D eigenvalue weighted by molar-refractivity contribution is 5.39. The molecule has 0 amide bonds. The Morgan fingerprint density at radius 3 is 2.26 bits per heavy atom. The molecule has 0 bridgehead atoms. The van der Waals surface area contributed by atoms with Crippen LogP contribution in [0.1, 0.15) is 77.2 Å². The molecular formula is C22H32O. The highest BCUT2D eigenvalue weighted by Gasteiger charge is 2.29. The molecule has 1 N–H and O–H groups in total. The van der Waals surface area contributed by atoms with E-state index in [1.165, 1.54) is 56.1 Å². The summed E-state index contributed by atoms with van der Waals surface area (Å²) < 4.78 is 0. The molecule has 2 rings (SSSR count). The Kier molecular flexibility index (Phi) is 7.11. The molecule has 0 fully saturated rings. The monoisotopic (exact) mass is 312 g/mol. The zero-order chi connectivity index (χ0) is 16.5. The zero-order valence-corrected chi connectivity index (χ0v) is 14.9. The van der Waals surface area contributed by atoms with Gasteiger partial charge in [0.2, 0.25) is 0 Å². The van der Waals surface area contributed by atoms with Gasteiger partial charge in [0.05, 0.1) is 0 Å². The van der Waals surface area contributed by atoms with Crippen LogP contribution in [0.15, 0.2) is 53.6 Å². The Labute approximate surface area is 142 Å². The maximum Gasteiger partial charge on any atom is 0.112 e. The van der Waals surface area contributed by atoms with Crippen LogP contribution in [0.25, 0.3) is 0 Å². The van der Waals surface area contributed by atoms with E-state index >= 15 is 0 Å². The molecule has 1 aliphatic carbocycles. The molecule has 1 nitrogen and oxygen atoms in total. The van der Waals surface area contributed by atoms with E-state index in [0.29, 0.717) is 0 Å². The van der Waals surface area contributed by atoms with E-state index in [9.17, 15) is 5.11 Å². The number of hydrogen-bond acceptors (Lipinski definition) is 1. The van der Waals surface area contributed by atoms with Crippen LogP contribution in [0.3, 0.4) is 0 Å². The van der Waals surface area contributed by atoms with E-state index in [1.807, 2.05) is 36.4 Å². The summed E-state index contributed by atoms with van der Waals surface area (Å²) in [4.78, 5) is 0. The van der Waals surface area contributed by atoms with Gasteiger partial charge in [0.1, 0.15) is 5.60 Å². The molecule has 1 atom stereocenters. The second kappa shape index (κ2) is 9.08. The van der Waals surface area contributed by atoms with Gasteiger partial charge in [-0.2, -0.15) is 0 Å². The first-order chi connectivity index (χ1) is 11.2. The largest absolute Gasteiger partial charge is 0.381 e. The third-order valence-electron chi connectivity index (χ3n) is 4.97. The summed E-state index contributed by atoms with van der Waals surface area (Å²) in [6.07, 6.45) is 15.5. The molecular weight excluding hydrogens is 280 g/mol. The molecule has 0 aliphatic heterocycles. The van der Waals surface area contributed by atoms with Crippen LogP contribution < -0.4 is 0 Å². The first-order valence-electron chi connectivity index (χ1n) is 9.31. The molecule has 0 saturated heterocycles. The summed E-state index contributed by atoms with van der Waals surface area (Å²) in [6.45, 7) is 4.44. The van der Waals surface area contributed by atoms with Crippen molar-refractivity contribution in [2.75, 3.05) is 0 Å². The molecule has 0 spiro atoms.